The molecule has 1 aromatic rings. The lowest BCUT2D eigenvalue weighted by atomic mass is 9.99. The van der Waals surface area contributed by atoms with Gasteiger partial charge in [-0.25, -0.2) is 0 Å². The second kappa shape index (κ2) is 5.30. The molecule has 0 amide bonds. The van der Waals surface area contributed by atoms with Crippen LogP contribution in [0.2, 0.25) is 0 Å². The summed E-state index contributed by atoms with van der Waals surface area (Å²) in [4.78, 5) is 11.7. The number of carbonyl (C=O) groups is 1. The van der Waals surface area contributed by atoms with Gasteiger partial charge in [-0.3, -0.25) is 4.79 Å². The summed E-state index contributed by atoms with van der Waals surface area (Å²) < 4.78 is 41.3. The van der Waals surface area contributed by atoms with Gasteiger partial charge in [0.15, 0.2) is 0 Å². The number of ether oxygens (including phenoxy) is 1. The van der Waals surface area contributed by atoms with Crippen LogP contribution in [0.3, 0.4) is 0 Å². The van der Waals surface area contributed by atoms with Crippen molar-refractivity contribution in [2.75, 3.05) is 6.61 Å². The molecule has 2 nitrogen and oxygen atoms in total. The second-order valence-electron chi connectivity index (χ2n) is 3.80. The van der Waals surface area contributed by atoms with E-state index in [2.05, 4.69) is 15.9 Å². The quantitative estimate of drug-likeness (QED) is 0.623. The Morgan fingerprint density at radius 3 is 2.39 bits per heavy atom. The van der Waals surface area contributed by atoms with E-state index < -0.39 is 22.0 Å². The molecule has 0 fully saturated rings. The van der Waals surface area contributed by atoms with Crippen molar-refractivity contribution in [2.45, 2.75) is 24.3 Å². The van der Waals surface area contributed by atoms with Gasteiger partial charge in [0.2, 0.25) is 0 Å². The molecule has 1 aromatic carbocycles. The van der Waals surface area contributed by atoms with E-state index in [0.29, 0.717) is 0 Å². The summed E-state index contributed by atoms with van der Waals surface area (Å²) in [6.45, 7) is 3.26. The first-order valence-electron chi connectivity index (χ1n) is 5.23. The Morgan fingerprint density at radius 1 is 1.33 bits per heavy atom. The summed E-state index contributed by atoms with van der Waals surface area (Å²) in [6, 6.07) is 4.60. The zero-order valence-corrected chi connectivity index (χ0v) is 11.4. The Labute approximate surface area is 111 Å². The maximum absolute atomic E-state index is 12.6. The fourth-order valence-electron chi connectivity index (χ4n) is 1.37. The van der Waals surface area contributed by atoms with Gasteiger partial charge in [0, 0.05) is 0 Å². The van der Waals surface area contributed by atoms with E-state index in [9.17, 15) is 18.0 Å². The molecule has 0 aliphatic rings. The first kappa shape index (κ1) is 15.0. The zero-order chi connectivity index (χ0) is 14.0. The van der Waals surface area contributed by atoms with Crippen LogP contribution >= 0.6 is 15.9 Å². The average molecular weight is 325 g/mol. The van der Waals surface area contributed by atoms with Gasteiger partial charge in [-0.2, -0.15) is 13.2 Å². The monoisotopic (exact) mass is 324 g/mol. The van der Waals surface area contributed by atoms with Crippen molar-refractivity contribution in [3.05, 3.63) is 35.4 Å². The third kappa shape index (κ3) is 3.25. The topological polar surface area (TPSA) is 26.3 Å². The fourth-order valence-corrected chi connectivity index (χ4v) is 1.73. The Balaban J connectivity index is 3.13. The lowest BCUT2D eigenvalue weighted by Crippen LogP contribution is -2.28. The number of benzene rings is 1. The van der Waals surface area contributed by atoms with Gasteiger partial charge in [-0.15, -0.1) is 0 Å². The molecule has 1 atom stereocenters. The molecule has 1 rings (SSSR count). The molecule has 0 saturated carbocycles. The third-order valence-corrected chi connectivity index (χ3v) is 3.17. The Bertz CT molecular complexity index is 441. The number of rotatable bonds is 3. The molecule has 0 aromatic heterocycles. The van der Waals surface area contributed by atoms with Crippen LogP contribution in [-0.4, -0.2) is 12.6 Å². The third-order valence-electron chi connectivity index (χ3n) is 2.39. The molecule has 0 heterocycles. The molecule has 18 heavy (non-hydrogen) atoms. The highest BCUT2D eigenvalue weighted by Crippen LogP contribution is 2.36. The van der Waals surface area contributed by atoms with Crippen molar-refractivity contribution < 1.29 is 22.7 Å². The van der Waals surface area contributed by atoms with Crippen molar-refractivity contribution in [2.24, 2.45) is 0 Å². The molecule has 0 saturated heterocycles. The van der Waals surface area contributed by atoms with Crippen LogP contribution < -0.4 is 0 Å². The summed E-state index contributed by atoms with van der Waals surface area (Å²) in [6.07, 6.45) is -4.44. The van der Waals surface area contributed by atoms with Crippen LogP contribution in [0.5, 0.6) is 0 Å². The van der Waals surface area contributed by atoms with E-state index in [-0.39, 0.29) is 12.2 Å². The Hall–Kier alpha value is -1.04. The Morgan fingerprint density at radius 2 is 1.89 bits per heavy atom. The normalized spacial score (nSPS) is 15.0. The highest BCUT2D eigenvalue weighted by atomic mass is 79.9. The first-order valence-corrected chi connectivity index (χ1v) is 6.02. The maximum Gasteiger partial charge on any atom is 0.416 e. The van der Waals surface area contributed by atoms with Gasteiger partial charge in [-0.1, -0.05) is 28.1 Å². The molecule has 0 radical (unpaired) electrons. The van der Waals surface area contributed by atoms with Crippen LogP contribution in [0.4, 0.5) is 13.2 Å². The fraction of sp³-hybridized carbons (Fsp3) is 0.417. The number of esters is 1. The van der Waals surface area contributed by atoms with Gasteiger partial charge >= 0.3 is 12.1 Å². The first-order chi connectivity index (χ1) is 8.19. The zero-order valence-electron chi connectivity index (χ0n) is 9.84. The minimum atomic E-state index is -4.44. The van der Waals surface area contributed by atoms with Crippen LogP contribution in [0.15, 0.2) is 24.3 Å². The molecule has 6 heteroatoms. The molecule has 0 aliphatic heterocycles. The van der Waals surface area contributed by atoms with Crippen LogP contribution in [0.1, 0.15) is 25.0 Å². The maximum atomic E-state index is 12.6. The van der Waals surface area contributed by atoms with Gasteiger partial charge in [0.1, 0.15) is 4.32 Å². The molecule has 1 unspecified atom stereocenters. The Kier molecular flexibility index (Phi) is 4.42. The molecule has 0 N–H and O–H groups in total. The van der Waals surface area contributed by atoms with E-state index in [1.807, 2.05) is 0 Å². The lowest BCUT2D eigenvalue weighted by molar-refractivity contribution is -0.146. The van der Waals surface area contributed by atoms with E-state index in [1.165, 1.54) is 19.1 Å². The van der Waals surface area contributed by atoms with Gasteiger partial charge in [-0.05, 0) is 31.5 Å². The smallest absolute Gasteiger partial charge is 0.416 e. The molecular weight excluding hydrogens is 313 g/mol. The van der Waals surface area contributed by atoms with Crippen molar-refractivity contribution in [3.8, 4) is 0 Å². The lowest BCUT2D eigenvalue weighted by Gasteiger charge is -2.21. The van der Waals surface area contributed by atoms with Crippen LogP contribution in [0.25, 0.3) is 0 Å². The largest absolute Gasteiger partial charge is 0.465 e. The number of hydrogen-bond acceptors (Lipinski definition) is 2. The van der Waals surface area contributed by atoms with Gasteiger partial charge in [0.25, 0.3) is 0 Å². The summed E-state index contributed by atoms with van der Waals surface area (Å²) in [5.74, 6) is -0.621. The molecule has 0 bridgehead atoms. The standard InChI is InChI=1S/C12H12BrF3O2/c1-3-18-10(17)11(2,13)8-5-4-6-9(7-8)12(14,15)16/h4-7H,3H2,1-2H3. The number of carbonyl (C=O) groups excluding carboxylic acids is 1. The summed E-state index contributed by atoms with van der Waals surface area (Å²) in [5, 5.41) is 0. The van der Waals surface area contributed by atoms with Crippen molar-refractivity contribution in [1.29, 1.82) is 0 Å². The van der Waals surface area contributed by atoms with Crippen LogP contribution in [0, 0.1) is 0 Å². The number of alkyl halides is 4. The minimum Gasteiger partial charge on any atom is -0.465 e. The number of halogens is 4. The predicted octanol–water partition coefficient (Wildman–Crippen LogP) is 3.88. The summed E-state index contributed by atoms with van der Waals surface area (Å²) in [7, 11) is 0. The van der Waals surface area contributed by atoms with Crippen molar-refractivity contribution in [1.82, 2.24) is 0 Å². The highest BCUT2D eigenvalue weighted by Gasteiger charge is 2.37. The molecule has 100 valence electrons. The number of hydrogen-bond donors (Lipinski definition) is 0. The van der Waals surface area contributed by atoms with Gasteiger partial charge in [0.05, 0.1) is 12.2 Å². The predicted molar refractivity (Wildman–Crippen MR) is 64.4 cm³/mol. The summed E-state index contributed by atoms with van der Waals surface area (Å²) in [5.41, 5.74) is -0.592. The van der Waals surface area contributed by atoms with E-state index in [0.717, 1.165) is 12.1 Å². The van der Waals surface area contributed by atoms with E-state index >= 15 is 0 Å². The second-order valence-corrected chi connectivity index (χ2v) is 5.39. The van der Waals surface area contributed by atoms with Crippen LogP contribution in [-0.2, 0) is 20.0 Å². The molecule has 0 spiro atoms. The van der Waals surface area contributed by atoms with Crippen molar-refractivity contribution in [3.63, 3.8) is 0 Å². The van der Waals surface area contributed by atoms with E-state index in [1.54, 1.807) is 6.92 Å². The highest BCUT2D eigenvalue weighted by molar-refractivity contribution is 9.10. The summed E-state index contributed by atoms with van der Waals surface area (Å²) >= 11 is 3.12. The SMILES string of the molecule is CCOC(=O)C(C)(Br)c1cccc(C(F)(F)F)c1. The molecular formula is C12H12BrF3O2. The van der Waals surface area contributed by atoms with E-state index in [4.69, 9.17) is 4.74 Å². The molecule has 0 aliphatic carbocycles. The van der Waals surface area contributed by atoms with Gasteiger partial charge < -0.3 is 4.74 Å². The minimum absolute atomic E-state index is 0.166. The average Bonchev–Trinajstić information content (AvgIpc) is 2.28. The van der Waals surface area contributed by atoms with Crippen molar-refractivity contribution >= 4 is 21.9 Å².